The Morgan fingerprint density at radius 2 is 2.07 bits per heavy atom. The van der Waals surface area contributed by atoms with E-state index in [0.717, 1.165) is 42.8 Å². The van der Waals surface area contributed by atoms with E-state index in [1.165, 1.54) is 16.0 Å². The number of nitrogens with zero attached hydrogens (tertiary/aromatic N) is 4. The molecule has 0 bridgehead atoms. The molecular weight excluding hydrogens is 380 g/mol. The zero-order valence-corrected chi connectivity index (χ0v) is 16.5. The third kappa shape index (κ3) is 3.48. The summed E-state index contributed by atoms with van der Waals surface area (Å²) in [5.41, 5.74) is 3.65. The number of aromatic nitrogens is 2. The highest BCUT2D eigenvalue weighted by Crippen LogP contribution is 2.37. The van der Waals surface area contributed by atoms with E-state index in [9.17, 15) is 0 Å². The molecule has 27 heavy (non-hydrogen) atoms. The summed E-state index contributed by atoms with van der Waals surface area (Å²) in [4.78, 5) is 14.9. The van der Waals surface area contributed by atoms with Gasteiger partial charge in [-0.15, -0.1) is 11.3 Å². The van der Waals surface area contributed by atoms with Crippen LogP contribution in [0.4, 0.5) is 0 Å². The van der Waals surface area contributed by atoms with Gasteiger partial charge in [0.25, 0.3) is 0 Å². The largest absolute Gasteiger partial charge is 0.360 e. The molecule has 1 aromatic carbocycles. The molecule has 0 aliphatic carbocycles. The topological polar surface area (TPSA) is 41.5 Å². The second-order valence-electron chi connectivity index (χ2n) is 7.06. The van der Waals surface area contributed by atoms with E-state index in [-0.39, 0.29) is 11.7 Å². The first-order valence-corrected chi connectivity index (χ1v) is 10.5. The number of thiophene rings is 1. The number of benzene rings is 1. The summed E-state index contributed by atoms with van der Waals surface area (Å²) in [5, 5.41) is 0. The smallest absolute Gasteiger partial charge is 0.143 e. The lowest BCUT2D eigenvalue weighted by atomic mass is 9.99. The van der Waals surface area contributed by atoms with E-state index in [4.69, 9.17) is 16.3 Å². The van der Waals surface area contributed by atoms with Crippen LogP contribution in [-0.4, -0.2) is 51.6 Å². The fraction of sp³-hybridized carbons (Fsp3) is 0.400. The molecule has 2 atom stereocenters. The molecule has 2 aliphatic heterocycles. The summed E-state index contributed by atoms with van der Waals surface area (Å²) in [6.45, 7) is 4.26. The molecule has 2 aliphatic rings. The van der Waals surface area contributed by atoms with Crippen LogP contribution in [0.5, 0.6) is 0 Å². The highest BCUT2D eigenvalue weighted by atomic mass is 35.5. The van der Waals surface area contributed by atoms with Gasteiger partial charge in [-0.25, -0.2) is 9.97 Å². The highest BCUT2D eigenvalue weighted by Gasteiger charge is 2.33. The minimum atomic E-state index is -0.257. The van der Waals surface area contributed by atoms with Gasteiger partial charge in [0.1, 0.15) is 11.9 Å². The minimum absolute atomic E-state index is 0.183. The van der Waals surface area contributed by atoms with Crippen LogP contribution in [-0.2, 0) is 17.7 Å². The Labute approximate surface area is 167 Å². The van der Waals surface area contributed by atoms with Crippen molar-refractivity contribution < 1.29 is 4.74 Å². The van der Waals surface area contributed by atoms with Gasteiger partial charge in [-0.2, -0.15) is 0 Å². The molecule has 1 fully saturated rings. The lowest BCUT2D eigenvalue weighted by Gasteiger charge is -2.43. The first kappa shape index (κ1) is 17.5. The number of morpholine rings is 1. The number of hydrogen-bond acceptors (Lipinski definition) is 6. The maximum absolute atomic E-state index is 6.34. The van der Waals surface area contributed by atoms with Crippen molar-refractivity contribution in [2.75, 3.05) is 26.2 Å². The van der Waals surface area contributed by atoms with Gasteiger partial charge in [0.15, 0.2) is 0 Å². The average Bonchev–Trinajstić information content (AvgIpc) is 3.12. The molecule has 1 saturated heterocycles. The van der Waals surface area contributed by atoms with E-state index in [2.05, 4.69) is 50.1 Å². The predicted octanol–water partition coefficient (Wildman–Crippen LogP) is 3.65. The summed E-state index contributed by atoms with van der Waals surface area (Å²) >= 11 is 8.12. The summed E-state index contributed by atoms with van der Waals surface area (Å²) in [6.07, 6.45) is 4.78. The average molecular weight is 401 g/mol. The molecule has 0 amide bonds. The second kappa shape index (κ2) is 7.45. The maximum Gasteiger partial charge on any atom is 0.143 e. The van der Waals surface area contributed by atoms with E-state index < -0.39 is 0 Å². The van der Waals surface area contributed by atoms with Gasteiger partial charge in [-0.05, 0) is 23.6 Å². The van der Waals surface area contributed by atoms with E-state index >= 15 is 0 Å². The van der Waals surface area contributed by atoms with Crippen molar-refractivity contribution in [3.05, 3.63) is 58.9 Å². The van der Waals surface area contributed by atoms with Crippen LogP contribution < -0.4 is 0 Å². The number of hydrogen-bond donors (Lipinski definition) is 0. The highest BCUT2D eigenvalue weighted by molar-refractivity contribution is 7.19. The number of halogens is 1. The molecule has 3 aromatic rings. The van der Waals surface area contributed by atoms with Crippen molar-refractivity contribution >= 4 is 33.2 Å². The van der Waals surface area contributed by atoms with Crippen molar-refractivity contribution in [2.45, 2.75) is 24.7 Å². The molecule has 2 aromatic heterocycles. The molecule has 0 spiro atoms. The summed E-state index contributed by atoms with van der Waals surface area (Å²) in [6, 6.07) is 11.0. The monoisotopic (exact) mass is 400 g/mol. The Bertz CT molecular complexity index is 915. The molecule has 140 valence electrons. The lowest BCUT2D eigenvalue weighted by molar-refractivity contribution is -0.0519. The predicted molar refractivity (Wildman–Crippen MR) is 108 cm³/mol. The first-order chi connectivity index (χ1) is 13.3. The van der Waals surface area contributed by atoms with Crippen LogP contribution >= 0.6 is 22.9 Å². The normalized spacial score (nSPS) is 22.6. The van der Waals surface area contributed by atoms with Crippen LogP contribution in [0, 0.1) is 0 Å². The Morgan fingerprint density at radius 3 is 2.93 bits per heavy atom. The van der Waals surface area contributed by atoms with Crippen molar-refractivity contribution in [3.8, 4) is 0 Å². The Kier molecular flexibility index (Phi) is 4.83. The van der Waals surface area contributed by atoms with Gasteiger partial charge in [0.05, 0.1) is 23.0 Å². The van der Waals surface area contributed by atoms with E-state index in [1.54, 1.807) is 17.7 Å². The van der Waals surface area contributed by atoms with Crippen molar-refractivity contribution in [1.29, 1.82) is 0 Å². The van der Waals surface area contributed by atoms with Crippen LogP contribution in [0.2, 0.25) is 0 Å². The van der Waals surface area contributed by atoms with Gasteiger partial charge in [0.2, 0.25) is 0 Å². The third-order valence-electron chi connectivity index (χ3n) is 5.38. The third-order valence-corrected chi connectivity index (χ3v) is 6.74. The fourth-order valence-electron chi connectivity index (χ4n) is 4.10. The Morgan fingerprint density at radius 1 is 1.19 bits per heavy atom. The van der Waals surface area contributed by atoms with Gasteiger partial charge in [0, 0.05) is 37.3 Å². The first-order valence-electron chi connectivity index (χ1n) is 9.28. The van der Waals surface area contributed by atoms with Crippen LogP contribution in [0.25, 0.3) is 10.2 Å². The summed E-state index contributed by atoms with van der Waals surface area (Å²) in [7, 11) is 0. The number of alkyl halides is 1. The molecule has 2 unspecified atom stereocenters. The quantitative estimate of drug-likeness (QED) is 0.628. The molecule has 0 radical (unpaired) electrons. The van der Waals surface area contributed by atoms with Crippen LogP contribution in [0.15, 0.2) is 42.9 Å². The van der Waals surface area contributed by atoms with E-state index in [0.29, 0.717) is 6.61 Å². The van der Waals surface area contributed by atoms with Crippen molar-refractivity contribution in [2.24, 2.45) is 0 Å². The van der Waals surface area contributed by atoms with Gasteiger partial charge in [-0.3, -0.25) is 9.80 Å². The SMILES string of the molecule is ClC1CN(C(c2cc3ncncc3s2)N2CCc3ccccc3C2)CCO1. The van der Waals surface area contributed by atoms with Crippen molar-refractivity contribution in [3.63, 3.8) is 0 Å². The standard InChI is InChI=1S/C20H21ClN4OS/c21-19-12-25(7-8-26-19)20(17-9-16-18(27-17)10-22-13-23-16)24-6-5-14-3-1-2-4-15(14)11-24/h1-4,9-10,13,19-20H,5-8,11-12H2. The number of fused-ring (bicyclic) bond motifs is 2. The molecule has 4 heterocycles. The van der Waals surface area contributed by atoms with Crippen LogP contribution in [0.1, 0.15) is 22.2 Å². The second-order valence-corrected chi connectivity index (χ2v) is 8.66. The lowest BCUT2D eigenvalue weighted by Crippen LogP contribution is -2.49. The minimum Gasteiger partial charge on any atom is -0.360 e. The fourth-order valence-corrected chi connectivity index (χ4v) is 5.52. The van der Waals surface area contributed by atoms with Gasteiger partial charge in [-0.1, -0.05) is 35.9 Å². The molecule has 0 N–H and O–H groups in total. The van der Waals surface area contributed by atoms with Gasteiger partial charge < -0.3 is 4.74 Å². The Balaban J connectivity index is 1.52. The van der Waals surface area contributed by atoms with E-state index in [1.807, 2.05) is 6.20 Å². The summed E-state index contributed by atoms with van der Waals surface area (Å²) in [5.74, 6) is 0. The molecule has 5 nitrogen and oxygen atoms in total. The zero-order chi connectivity index (χ0) is 18.2. The van der Waals surface area contributed by atoms with Gasteiger partial charge >= 0.3 is 0 Å². The maximum atomic E-state index is 6.34. The van der Waals surface area contributed by atoms with Crippen molar-refractivity contribution in [1.82, 2.24) is 19.8 Å². The van der Waals surface area contributed by atoms with Crippen LogP contribution in [0.3, 0.4) is 0 Å². The number of ether oxygens (including phenoxy) is 1. The zero-order valence-electron chi connectivity index (χ0n) is 14.9. The summed E-state index contributed by atoms with van der Waals surface area (Å²) < 4.78 is 6.71. The molecule has 7 heteroatoms. The molecular formula is C20H21ClN4OS. The number of rotatable bonds is 3. The Hall–Kier alpha value is -1.57. The molecule has 0 saturated carbocycles. The molecule has 5 rings (SSSR count).